The Balaban J connectivity index is 1.73. The van der Waals surface area contributed by atoms with E-state index in [0.29, 0.717) is 12.1 Å². The molecule has 3 rings (SSSR count). The average molecular weight is 280 g/mol. The van der Waals surface area contributed by atoms with Crippen LogP contribution in [-0.2, 0) is 4.74 Å². The van der Waals surface area contributed by atoms with Crippen LogP contribution in [0.1, 0.15) is 12.8 Å². The van der Waals surface area contributed by atoms with Crippen LogP contribution in [0.15, 0.2) is 22.5 Å². The molecule has 0 amide bonds. The van der Waals surface area contributed by atoms with Crippen molar-refractivity contribution < 1.29 is 4.74 Å². The smallest absolute Gasteiger partial charge is 0.150 e. The molecule has 1 aliphatic carbocycles. The van der Waals surface area contributed by atoms with Gasteiger partial charge < -0.3 is 10.1 Å². The van der Waals surface area contributed by atoms with Gasteiger partial charge in [-0.25, -0.2) is 4.98 Å². The number of benzene rings is 1. The maximum Gasteiger partial charge on any atom is 0.150 e. The Morgan fingerprint density at radius 2 is 2.28 bits per heavy atom. The minimum atomic E-state index is 0.442. The monoisotopic (exact) mass is 280 g/mol. The third-order valence-corrected chi connectivity index (χ3v) is 5.35. The van der Waals surface area contributed by atoms with Crippen LogP contribution in [0.2, 0.25) is 0 Å². The lowest BCUT2D eigenvalue weighted by Gasteiger charge is -2.35. The lowest BCUT2D eigenvalue weighted by atomic mass is 9.89. The second kappa shape index (κ2) is 5.07. The van der Waals surface area contributed by atoms with E-state index in [1.165, 1.54) is 10.4 Å². The van der Waals surface area contributed by atoms with Gasteiger partial charge in [0.15, 0.2) is 4.34 Å². The molecule has 18 heavy (non-hydrogen) atoms. The van der Waals surface area contributed by atoms with E-state index in [-0.39, 0.29) is 0 Å². The Bertz CT molecular complexity index is 549. The summed E-state index contributed by atoms with van der Waals surface area (Å²) in [5.41, 5.74) is 2.29. The SMILES string of the molecule is COC1CC(Nc2ccc3nc(SC)sc3c2)C1. The molecule has 1 fully saturated rings. The third-order valence-electron chi connectivity index (χ3n) is 3.34. The molecule has 1 N–H and O–H groups in total. The minimum Gasteiger partial charge on any atom is -0.382 e. The number of thioether (sulfide) groups is 1. The normalized spacial score (nSPS) is 23.0. The third kappa shape index (κ3) is 2.35. The van der Waals surface area contributed by atoms with Gasteiger partial charge in [-0.3, -0.25) is 0 Å². The predicted molar refractivity (Wildman–Crippen MR) is 78.8 cm³/mol. The number of nitrogens with one attached hydrogen (secondary N) is 1. The zero-order valence-electron chi connectivity index (χ0n) is 10.5. The highest BCUT2D eigenvalue weighted by atomic mass is 32.2. The second-order valence-electron chi connectivity index (χ2n) is 4.54. The van der Waals surface area contributed by atoms with E-state index in [1.807, 2.05) is 0 Å². The van der Waals surface area contributed by atoms with E-state index in [2.05, 4.69) is 34.8 Å². The molecule has 1 saturated carbocycles. The number of hydrogen-bond acceptors (Lipinski definition) is 5. The maximum absolute atomic E-state index is 5.29. The van der Waals surface area contributed by atoms with Crippen LogP contribution in [0.25, 0.3) is 10.2 Å². The number of aromatic nitrogens is 1. The zero-order chi connectivity index (χ0) is 12.5. The Labute approximate surface area is 115 Å². The van der Waals surface area contributed by atoms with Gasteiger partial charge in [-0.2, -0.15) is 0 Å². The molecule has 5 heteroatoms. The minimum absolute atomic E-state index is 0.442. The summed E-state index contributed by atoms with van der Waals surface area (Å²) >= 11 is 3.46. The molecule has 0 atom stereocenters. The molecule has 0 spiro atoms. The molecule has 1 heterocycles. The summed E-state index contributed by atoms with van der Waals surface area (Å²) < 4.78 is 7.68. The van der Waals surface area contributed by atoms with Crippen LogP contribution in [0.3, 0.4) is 0 Å². The molecule has 1 aromatic heterocycles. The zero-order valence-corrected chi connectivity index (χ0v) is 12.1. The van der Waals surface area contributed by atoms with Crippen molar-refractivity contribution in [3.05, 3.63) is 18.2 Å². The summed E-state index contributed by atoms with van der Waals surface area (Å²) in [7, 11) is 1.79. The molecular weight excluding hydrogens is 264 g/mol. The topological polar surface area (TPSA) is 34.1 Å². The standard InChI is InChI=1S/C13H16N2OS2/c1-16-10-5-9(6-10)14-8-3-4-11-12(7-8)18-13(15-11)17-2/h3-4,7,9-10,14H,5-6H2,1-2H3. The second-order valence-corrected chi connectivity index (χ2v) is 6.62. The molecule has 0 aliphatic heterocycles. The van der Waals surface area contributed by atoms with Gasteiger partial charge >= 0.3 is 0 Å². The first-order valence-electron chi connectivity index (χ1n) is 6.02. The number of nitrogens with zero attached hydrogens (tertiary/aromatic N) is 1. The first-order chi connectivity index (χ1) is 8.78. The van der Waals surface area contributed by atoms with E-state index in [9.17, 15) is 0 Å². The summed E-state index contributed by atoms with van der Waals surface area (Å²) in [6.45, 7) is 0. The van der Waals surface area contributed by atoms with Crippen molar-refractivity contribution in [3.63, 3.8) is 0 Å². The molecule has 3 nitrogen and oxygen atoms in total. The average Bonchev–Trinajstić information content (AvgIpc) is 2.75. The van der Waals surface area contributed by atoms with Crippen molar-refractivity contribution in [2.45, 2.75) is 29.3 Å². The summed E-state index contributed by atoms with van der Waals surface area (Å²) in [6.07, 6.45) is 4.72. The quantitative estimate of drug-likeness (QED) is 0.868. The number of rotatable bonds is 4. The van der Waals surface area contributed by atoms with E-state index in [1.54, 1.807) is 30.2 Å². The largest absolute Gasteiger partial charge is 0.382 e. The fourth-order valence-electron chi connectivity index (χ4n) is 2.19. The highest BCUT2D eigenvalue weighted by Gasteiger charge is 2.28. The van der Waals surface area contributed by atoms with Crippen molar-refractivity contribution >= 4 is 39.0 Å². The fourth-order valence-corrected chi connectivity index (χ4v) is 3.72. The summed E-state index contributed by atoms with van der Waals surface area (Å²) in [4.78, 5) is 4.54. The fraction of sp³-hybridized carbons (Fsp3) is 0.462. The van der Waals surface area contributed by atoms with E-state index < -0.39 is 0 Å². The highest BCUT2D eigenvalue weighted by molar-refractivity contribution is 8.00. The van der Waals surface area contributed by atoms with E-state index >= 15 is 0 Å². The van der Waals surface area contributed by atoms with Gasteiger partial charge in [-0.1, -0.05) is 11.8 Å². The van der Waals surface area contributed by atoms with Crippen molar-refractivity contribution in [3.8, 4) is 0 Å². The van der Waals surface area contributed by atoms with Crippen molar-refractivity contribution in [1.29, 1.82) is 0 Å². The molecule has 0 radical (unpaired) electrons. The summed E-state index contributed by atoms with van der Waals surface area (Å²) in [6, 6.07) is 6.97. The Morgan fingerprint density at radius 3 is 3.00 bits per heavy atom. The number of anilines is 1. The van der Waals surface area contributed by atoms with Crippen molar-refractivity contribution in [2.24, 2.45) is 0 Å². The van der Waals surface area contributed by atoms with Gasteiger partial charge in [0.2, 0.25) is 0 Å². The summed E-state index contributed by atoms with van der Waals surface area (Å²) in [5, 5.41) is 3.55. The van der Waals surface area contributed by atoms with Gasteiger partial charge in [-0.15, -0.1) is 11.3 Å². The number of thiazole rings is 1. The molecule has 1 aromatic carbocycles. The molecule has 0 saturated heterocycles. The first kappa shape index (κ1) is 12.3. The Hall–Kier alpha value is -0.780. The molecule has 0 unspecified atom stereocenters. The molecule has 96 valence electrons. The molecule has 1 aliphatic rings. The number of fused-ring (bicyclic) bond motifs is 1. The van der Waals surface area contributed by atoms with Gasteiger partial charge in [-0.05, 0) is 37.3 Å². The summed E-state index contributed by atoms with van der Waals surface area (Å²) in [5.74, 6) is 0. The maximum atomic E-state index is 5.29. The van der Waals surface area contributed by atoms with Crippen LogP contribution in [0.5, 0.6) is 0 Å². The van der Waals surface area contributed by atoms with Gasteiger partial charge in [0.25, 0.3) is 0 Å². The van der Waals surface area contributed by atoms with Gasteiger partial charge in [0.05, 0.1) is 16.3 Å². The lowest BCUT2D eigenvalue weighted by molar-refractivity contribution is 0.0329. The Morgan fingerprint density at radius 1 is 1.44 bits per heavy atom. The van der Waals surface area contributed by atoms with Gasteiger partial charge in [0.1, 0.15) is 0 Å². The molecule has 0 bridgehead atoms. The number of hydrogen-bond donors (Lipinski definition) is 1. The highest BCUT2D eigenvalue weighted by Crippen LogP contribution is 2.32. The molecule has 2 aromatic rings. The molecular formula is C13H16N2OS2. The predicted octanol–water partition coefficient (Wildman–Crippen LogP) is 3.61. The van der Waals surface area contributed by atoms with E-state index in [4.69, 9.17) is 4.74 Å². The van der Waals surface area contributed by atoms with Crippen molar-refractivity contribution in [2.75, 3.05) is 18.7 Å². The number of methoxy groups -OCH3 is 1. The van der Waals surface area contributed by atoms with E-state index in [0.717, 1.165) is 22.7 Å². The van der Waals surface area contributed by atoms with Crippen LogP contribution < -0.4 is 5.32 Å². The first-order valence-corrected chi connectivity index (χ1v) is 8.06. The van der Waals surface area contributed by atoms with Crippen LogP contribution in [0, 0.1) is 0 Å². The Kier molecular flexibility index (Phi) is 3.46. The van der Waals surface area contributed by atoms with Gasteiger partial charge in [0, 0.05) is 18.8 Å². The lowest BCUT2D eigenvalue weighted by Crippen LogP contribution is -2.40. The van der Waals surface area contributed by atoms with Crippen LogP contribution >= 0.6 is 23.1 Å². The van der Waals surface area contributed by atoms with Crippen molar-refractivity contribution in [1.82, 2.24) is 4.98 Å². The van der Waals surface area contributed by atoms with Crippen LogP contribution in [0.4, 0.5) is 5.69 Å². The van der Waals surface area contributed by atoms with Crippen LogP contribution in [-0.4, -0.2) is 30.5 Å². The number of ether oxygens (including phenoxy) is 1.